The smallest absolute Gasteiger partial charge is 0.291 e. The zero-order chi connectivity index (χ0) is 7.11. The monoisotopic (exact) mass is 132 g/mol. The van der Waals surface area contributed by atoms with E-state index in [0.717, 1.165) is 6.54 Å². The number of rotatable bonds is 0. The average Bonchev–Trinajstić information content (AvgIpc) is 2.11. The number of nitrogens with zero attached hydrogens (tertiary/aromatic N) is 2. The van der Waals surface area contributed by atoms with Crippen molar-refractivity contribution in [2.75, 3.05) is 6.54 Å². The van der Waals surface area contributed by atoms with Crippen LogP contribution in [-0.4, -0.2) is 23.1 Å². The molecule has 0 saturated heterocycles. The van der Waals surface area contributed by atoms with Crippen molar-refractivity contribution in [2.45, 2.75) is 12.8 Å². The summed E-state index contributed by atoms with van der Waals surface area (Å²) < 4.78 is 0. The molecule has 0 aliphatic carbocycles. The van der Waals surface area contributed by atoms with Crippen molar-refractivity contribution >= 4 is 6.21 Å². The molecule has 1 aliphatic rings. The lowest BCUT2D eigenvalue weighted by molar-refractivity contribution is -0.742. The summed E-state index contributed by atoms with van der Waals surface area (Å²) in [6.45, 7) is 1.07. The van der Waals surface area contributed by atoms with Crippen molar-refractivity contribution in [3.63, 3.8) is 0 Å². The summed E-state index contributed by atoms with van der Waals surface area (Å²) in [6.07, 6.45) is 4.47. The molecular formula is C4H8N2O3. The standard InChI is InChI=1S/C4H7N.HNO3/c1-2-4-5-3-1;2-1(3)4/h3H,1-2,4H2;(H,2,3,4). The van der Waals surface area contributed by atoms with Gasteiger partial charge in [-0.15, -0.1) is 10.1 Å². The largest absolute Gasteiger partial charge is 0.328 e. The van der Waals surface area contributed by atoms with Crippen LogP contribution in [0.4, 0.5) is 0 Å². The summed E-state index contributed by atoms with van der Waals surface area (Å²) in [5.41, 5.74) is 0. The van der Waals surface area contributed by atoms with Gasteiger partial charge in [-0.1, -0.05) is 0 Å². The van der Waals surface area contributed by atoms with E-state index in [9.17, 15) is 0 Å². The van der Waals surface area contributed by atoms with Gasteiger partial charge in [-0.2, -0.15) is 0 Å². The first kappa shape index (κ1) is 7.87. The zero-order valence-electron chi connectivity index (χ0n) is 4.86. The molecule has 9 heavy (non-hydrogen) atoms. The van der Waals surface area contributed by atoms with Gasteiger partial charge in [0.05, 0.1) is 0 Å². The lowest BCUT2D eigenvalue weighted by atomic mass is 10.4. The Bertz CT molecular complexity index is 102. The first-order valence-corrected chi connectivity index (χ1v) is 2.55. The molecule has 1 heterocycles. The van der Waals surface area contributed by atoms with Crippen LogP contribution in [0.25, 0.3) is 0 Å². The maximum absolute atomic E-state index is 8.36. The lowest BCUT2D eigenvalue weighted by Crippen LogP contribution is -1.81. The predicted molar refractivity (Wildman–Crippen MR) is 31.4 cm³/mol. The fraction of sp³-hybridized carbons (Fsp3) is 0.750. The van der Waals surface area contributed by atoms with E-state index in [1.807, 2.05) is 6.21 Å². The molecule has 0 aromatic carbocycles. The summed E-state index contributed by atoms with van der Waals surface area (Å²) >= 11 is 0. The van der Waals surface area contributed by atoms with Crippen LogP contribution < -0.4 is 0 Å². The van der Waals surface area contributed by atoms with Gasteiger partial charge in [0.1, 0.15) is 0 Å². The molecule has 0 radical (unpaired) electrons. The first-order chi connectivity index (χ1) is 4.23. The van der Waals surface area contributed by atoms with E-state index >= 15 is 0 Å². The van der Waals surface area contributed by atoms with Crippen LogP contribution in [0, 0.1) is 10.1 Å². The fourth-order valence-electron chi connectivity index (χ4n) is 0.456. The Hall–Kier alpha value is -1.13. The van der Waals surface area contributed by atoms with E-state index in [1.54, 1.807) is 0 Å². The van der Waals surface area contributed by atoms with Gasteiger partial charge in [-0.05, 0) is 19.1 Å². The SMILES string of the molecule is C1=NCCC1.O=[N+]([O-])O. The summed E-state index contributed by atoms with van der Waals surface area (Å²) in [6, 6.07) is 0. The normalized spacial score (nSPS) is 14.2. The highest BCUT2D eigenvalue weighted by Crippen LogP contribution is 1.92. The van der Waals surface area contributed by atoms with Crippen LogP contribution in [0.15, 0.2) is 4.99 Å². The third-order valence-electron chi connectivity index (χ3n) is 0.750. The Morgan fingerprint density at radius 1 is 1.78 bits per heavy atom. The highest BCUT2D eigenvalue weighted by atomic mass is 16.9. The minimum Gasteiger partial charge on any atom is -0.328 e. The van der Waals surface area contributed by atoms with E-state index in [0.29, 0.717) is 0 Å². The van der Waals surface area contributed by atoms with Crippen LogP contribution in [-0.2, 0) is 0 Å². The Morgan fingerprint density at radius 2 is 2.33 bits per heavy atom. The van der Waals surface area contributed by atoms with Crippen LogP contribution in [0.2, 0.25) is 0 Å². The Labute approximate surface area is 52.1 Å². The fourth-order valence-corrected chi connectivity index (χ4v) is 0.456. The molecule has 0 spiro atoms. The molecule has 1 aliphatic heterocycles. The molecule has 0 fully saturated rings. The maximum Gasteiger partial charge on any atom is 0.291 e. The third-order valence-corrected chi connectivity index (χ3v) is 0.750. The molecule has 0 atom stereocenters. The van der Waals surface area contributed by atoms with Gasteiger partial charge in [0, 0.05) is 6.54 Å². The first-order valence-electron chi connectivity index (χ1n) is 2.55. The van der Waals surface area contributed by atoms with Crippen LogP contribution in [0.3, 0.4) is 0 Å². The second-order valence-corrected chi connectivity index (χ2v) is 1.47. The van der Waals surface area contributed by atoms with E-state index in [4.69, 9.17) is 15.3 Å². The van der Waals surface area contributed by atoms with Crippen LogP contribution >= 0.6 is 0 Å². The van der Waals surface area contributed by atoms with Crippen molar-refractivity contribution in [2.24, 2.45) is 4.99 Å². The van der Waals surface area contributed by atoms with Gasteiger partial charge in [-0.25, -0.2) is 0 Å². The van der Waals surface area contributed by atoms with Gasteiger partial charge in [-0.3, -0.25) is 4.99 Å². The van der Waals surface area contributed by atoms with E-state index in [1.165, 1.54) is 12.8 Å². The third kappa shape index (κ3) is 10.9. The molecule has 5 heteroatoms. The van der Waals surface area contributed by atoms with Crippen LogP contribution in [0.5, 0.6) is 0 Å². The Kier molecular flexibility index (Phi) is 4.39. The van der Waals surface area contributed by atoms with Gasteiger partial charge < -0.3 is 5.21 Å². The van der Waals surface area contributed by atoms with Gasteiger partial charge in [0.2, 0.25) is 0 Å². The Balaban J connectivity index is 0.000000148. The topological polar surface area (TPSA) is 75.7 Å². The second-order valence-electron chi connectivity index (χ2n) is 1.47. The molecule has 0 unspecified atom stereocenters. The van der Waals surface area contributed by atoms with E-state index < -0.39 is 5.09 Å². The average molecular weight is 132 g/mol. The van der Waals surface area contributed by atoms with E-state index in [2.05, 4.69) is 4.99 Å². The van der Waals surface area contributed by atoms with Crippen molar-refractivity contribution in [1.82, 2.24) is 0 Å². The van der Waals surface area contributed by atoms with Gasteiger partial charge >= 0.3 is 0 Å². The summed E-state index contributed by atoms with van der Waals surface area (Å²) in [7, 11) is 0. The van der Waals surface area contributed by atoms with Gasteiger partial charge in [0.15, 0.2) is 0 Å². The van der Waals surface area contributed by atoms with E-state index in [-0.39, 0.29) is 0 Å². The number of hydrogen-bond donors (Lipinski definition) is 1. The maximum atomic E-state index is 8.36. The highest BCUT2D eigenvalue weighted by molar-refractivity contribution is 5.58. The summed E-state index contributed by atoms with van der Waals surface area (Å²) in [5, 5.41) is 13.6. The molecule has 0 saturated carbocycles. The van der Waals surface area contributed by atoms with Gasteiger partial charge in [0.25, 0.3) is 5.09 Å². The van der Waals surface area contributed by atoms with Crippen LogP contribution in [0.1, 0.15) is 12.8 Å². The van der Waals surface area contributed by atoms with Crippen molar-refractivity contribution in [1.29, 1.82) is 0 Å². The second kappa shape index (κ2) is 5.02. The molecule has 0 aromatic heterocycles. The number of hydrogen-bond acceptors (Lipinski definition) is 3. The molecular weight excluding hydrogens is 124 g/mol. The molecule has 5 nitrogen and oxygen atoms in total. The molecule has 0 amide bonds. The molecule has 52 valence electrons. The highest BCUT2D eigenvalue weighted by Gasteiger charge is 1.85. The Morgan fingerprint density at radius 3 is 2.44 bits per heavy atom. The predicted octanol–water partition coefficient (Wildman–Crippen LogP) is 0.503. The number of aliphatic imine (C=N–C) groups is 1. The van der Waals surface area contributed by atoms with Crippen molar-refractivity contribution < 1.29 is 10.3 Å². The lowest BCUT2D eigenvalue weighted by Gasteiger charge is -1.67. The molecule has 1 N–H and O–H groups in total. The summed E-state index contributed by atoms with van der Waals surface area (Å²) in [4.78, 5) is 12.3. The minimum atomic E-state index is -1.50. The zero-order valence-corrected chi connectivity index (χ0v) is 4.86. The quantitative estimate of drug-likeness (QED) is 0.385. The van der Waals surface area contributed by atoms with Crippen molar-refractivity contribution in [3.05, 3.63) is 10.1 Å². The summed E-state index contributed by atoms with van der Waals surface area (Å²) in [5.74, 6) is 0. The molecule has 0 bridgehead atoms. The van der Waals surface area contributed by atoms with Crippen molar-refractivity contribution in [3.8, 4) is 0 Å². The molecule has 0 aromatic rings. The minimum absolute atomic E-state index is 1.07. The molecule has 1 rings (SSSR count).